The normalized spacial score (nSPS) is 27.3. The molecule has 0 spiro atoms. The van der Waals surface area contributed by atoms with E-state index in [-0.39, 0.29) is 11.1 Å². The molecule has 0 unspecified atom stereocenters. The second-order valence-corrected chi connectivity index (χ2v) is 10.3. The molecule has 4 aliphatic heterocycles. The molecule has 0 aliphatic carbocycles. The molecule has 11 heteroatoms. The molecule has 9 rings (SSSR count). The summed E-state index contributed by atoms with van der Waals surface area (Å²) in [5.74, 6) is -2.31. The quantitative estimate of drug-likeness (QED) is 0.300. The van der Waals surface area contributed by atoms with Crippen molar-refractivity contribution in [3.8, 4) is 0 Å². The van der Waals surface area contributed by atoms with Crippen LogP contribution in [0.5, 0.6) is 0 Å². The fourth-order valence-electron chi connectivity index (χ4n) is 5.81. The van der Waals surface area contributed by atoms with Gasteiger partial charge in [0.15, 0.2) is 12.5 Å². The zero-order valence-corrected chi connectivity index (χ0v) is 18.8. The fraction of sp³-hybridized carbons (Fsp3) is 0.200. The summed E-state index contributed by atoms with van der Waals surface area (Å²) in [5.41, 5.74) is 1.06. The van der Waals surface area contributed by atoms with Crippen LogP contribution in [0.15, 0.2) is 36.4 Å². The van der Waals surface area contributed by atoms with Gasteiger partial charge in [0.25, 0.3) is 11.8 Å². The number of carbonyl (C=O) groups is 2. The van der Waals surface area contributed by atoms with Gasteiger partial charge in [0, 0.05) is 26.2 Å². The lowest BCUT2D eigenvalue weighted by molar-refractivity contribution is -0.417. The number of aliphatic hydroxyl groups is 2. The van der Waals surface area contributed by atoms with Crippen LogP contribution in [0.2, 0.25) is 0 Å². The Balaban J connectivity index is 1.62. The van der Waals surface area contributed by atoms with E-state index in [2.05, 4.69) is 5.32 Å². The van der Waals surface area contributed by atoms with Crippen molar-refractivity contribution >= 4 is 65.1 Å². The van der Waals surface area contributed by atoms with Gasteiger partial charge in [0.2, 0.25) is 0 Å². The highest BCUT2D eigenvalue weighted by Crippen LogP contribution is 2.50. The summed E-state index contributed by atoms with van der Waals surface area (Å²) >= 11 is 1.29. The number of nitrogens with zero attached hydrogens (tertiary/aromatic N) is 1. The smallest absolute Gasteiger partial charge is 0.259 e. The Morgan fingerprint density at radius 1 is 0.889 bits per heavy atom. The first-order valence-corrected chi connectivity index (χ1v) is 12.0. The molecule has 2 bridgehead atoms. The van der Waals surface area contributed by atoms with Crippen LogP contribution in [0, 0.1) is 11.6 Å². The van der Waals surface area contributed by atoms with Crippen molar-refractivity contribution in [2.45, 2.75) is 30.8 Å². The highest BCUT2D eigenvalue weighted by molar-refractivity contribution is 7.26. The summed E-state index contributed by atoms with van der Waals surface area (Å²) in [6.07, 6.45) is -5.15. The molecule has 3 fully saturated rings. The Morgan fingerprint density at radius 3 is 2.31 bits per heavy atom. The maximum Gasteiger partial charge on any atom is 0.259 e. The number of nitrogens with one attached hydrogen (secondary N) is 1. The van der Waals surface area contributed by atoms with Crippen molar-refractivity contribution in [2.75, 3.05) is 0 Å². The second-order valence-electron chi connectivity index (χ2n) is 9.21. The number of thiophene rings is 1. The molecule has 0 saturated carbocycles. The number of carbonyl (C=O) groups excluding carboxylic acids is 2. The molecule has 2 amide bonds. The molecule has 36 heavy (non-hydrogen) atoms. The molecule has 8 nitrogen and oxygen atoms in total. The Hall–Kier alpha value is -3.48. The molecule has 6 heterocycles. The standard InChI is InChI=1S/C25H14F2N2O6S/c26-7-1-3-11-9(5-7)13-15-16(23(33)28-22(15)32)14-10-6-8(27)2-4-12(10)36-21(14)17(13)29(11)24-18(30)20-19(31)25(34-20)35-24/h1-6,18-20,24-25,30-31H,(H,28,32,33)/t18-,19+,20-,24+,25-/m1/s1. The summed E-state index contributed by atoms with van der Waals surface area (Å²) in [5, 5.41) is 25.1. The molecule has 3 N–H and O–H groups in total. The van der Waals surface area contributed by atoms with Crippen LogP contribution in [0.1, 0.15) is 26.9 Å². The minimum absolute atomic E-state index is 0.0626. The molecule has 4 aliphatic rings. The number of rotatable bonds is 1. The lowest BCUT2D eigenvalue weighted by Crippen LogP contribution is -2.67. The van der Waals surface area contributed by atoms with Gasteiger partial charge >= 0.3 is 0 Å². The van der Waals surface area contributed by atoms with Gasteiger partial charge in [-0.3, -0.25) is 14.9 Å². The minimum atomic E-state index is -1.28. The number of hydrogen-bond acceptors (Lipinski definition) is 7. The van der Waals surface area contributed by atoms with Crippen LogP contribution in [-0.4, -0.2) is 51.2 Å². The van der Waals surface area contributed by atoms with E-state index < -0.39 is 54.3 Å². The van der Waals surface area contributed by atoms with Crippen molar-refractivity contribution in [1.82, 2.24) is 9.88 Å². The van der Waals surface area contributed by atoms with Gasteiger partial charge < -0.3 is 24.3 Å². The van der Waals surface area contributed by atoms with Crippen LogP contribution in [0.4, 0.5) is 8.78 Å². The summed E-state index contributed by atoms with van der Waals surface area (Å²) in [6, 6.07) is 8.25. The topological polar surface area (TPSA) is 110 Å². The van der Waals surface area contributed by atoms with E-state index in [1.807, 2.05) is 0 Å². The molecule has 180 valence electrons. The maximum absolute atomic E-state index is 14.5. The van der Waals surface area contributed by atoms with Gasteiger partial charge in [-0.1, -0.05) is 0 Å². The number of aromatic nitrogens is 1. The zero-order valence-electron chi connectivity index (χ0n) is 18.0. The number of fused-ring (bicyclic) bond motifs is 12. The van der Waals surface area contributed by atoms with Crippen LogP contribution >= 0.6 is 11.3 Å². The second kappa shape index (κ2) is 6.64. The van der Waals surface area contributed by atoms with E-state index in [1.165, 1.54) is 41.7 Å². The molecule has 5 atom stereocenters. The number of ether oxygens (including phenoxy) is 2. The zero-order chi connectivity index (χ0) is 24.6. The van der Waals surface area contributed by atoms with Crippen LogP contribution in [-0.2, 0) is 9.47 Å². The number of hydrogen-bond donors (Lipinski definition) is 3. The van der Waals surface area contributed by atoms with E-state index in [4.69, 9.17) is 9.47 Å². The van der Waals surface area contributed by atoms with Crippen molar-refractivity contribution < 1.29 is 38.1 Å². The minimum Gasteiger partial charge on any atom is -0.386 e. The third kappa shape index (κ3) is 2.34. The first-order chi connectivity index (χ1) is 17.3. The number of amides is 2. The van der Waals surface area contributed by atoms with Crippen molar-refractivity contribution in [2.24, 2.45) is 0 Å². The predicted molar refractivity (Wildman–Crippen MR) is 125 cm³/mol. The summed E-state index contributed by atoms with van der Waals surface area (Å²) in [4.78, 5) is 26.1. The van der Waals surface area contributed by atoms with Gasteiger partial charge in [0.05, 0.1) is 26.9 Å². The van der Waals surface area contributed by atoms with Gasteiger partial charge in [-0.05, 0) is 36.4 Å². The number of aliphatic hydroxyl groups excluding tert-OH is 2. The maximum atomic E-state index is 14.5. The molecule has 3 aromatic carbocycles. The van der Waals surface area contributed by atoms with Gasteiger partial charge in [-0.25, -0.2) is 8.78 Å². The molecular weight excluding hydrogens is 494 g/mol. The summed E-state index contributed by atoms with van der Waals surface area (Å²) < 4.78 is 43.0. The average molecular weight is 508 g/mol. The summed E-state index contributed by atoms with van der Waals surface area (Å²) in [7, 11) is 0. The fourth-order valence-corrected chi connectivity index (χ4v) is 7.05. The lowest BCUT2D eigenvalue weighted by Gasteiger charge is -2.51. The van der Waals surface area contributed by atoms with Crippen LogP contribution in [0.3, 0.4) is 0 Å². The lowest BCUT2D eigenvalue weighted by atomic mass is 9.96. The van der Waals surface area contributed by atoms with Crippen LogP contribution < -0.4 is 5.32 Å². The molecule has 0 radical (unpaired) electrons. The van der Waals surface area contributed by atoms with Gasteiger partial charge in [0.1, 0.15) is 29.9 Å². The Kier molecular flexibility index (Phi) is 3.81. The average Bonchev–Trinajstić information content (AvgIpc) is 3.47. The molecule has 3 saturated heterocycles. The van der Waals surface area contributed by atoms with Crippen molar-refractivity contribution in [1.29, 1.82) is 0 Å². The van der Waals surface area contributed by atoms with Crippen molar-refractivity contribution in [3.05, 3.63) is 59.2 Å². The Bertz CT molecular complexity index is 1860. The van der Waals surface area contributed by atoms with Crippen LogP contribution in [0.25, 0.3) is 42.0 Å². The van der Waals surface area contributed by atoms with E-state index in [9.17, 15) is 28.6 Å². The first kappa shape index (κ1) is 20.7. The van der Waals surface area contributed by atoms with Crippen molar-refractivity contribution in [3.63, 3.8) is 0 Å². The highest BCUT2D eigenvalue weighted by atomic mass is 32.1. The third-order valence-electron chi connectivity index (χ3n) is 7.32. The van der Waals surface area contributed by atoms with E-state index in [0.717, 1.165) is 0 Å². The van der Waals surface area contributed by atoms with E-state index in [0.29, 0.717) is 42.0 Å². The number of halogens is 2. The van der Waals surface area contributed by atoms with E-state index in [1.54, 1.807) is 10.6 Å². The van der Waals surface area contributed by atoms with E-state index >= 15 is 0 Å². The highest BCUT2D eigenvalue weighted by Gasteiger charge is 2.56. The summed E-state index contributed by atoms with van der Waals surface area (Å²) in [6.45, 7) is 0. The third-order valence-corrected chi connectivity index (χ3v) is 8.50. The number of imide groups is 1. The molecule has 5 aromatic rings. The monoisotopic (exact) mass is 508 g/mol. The largest absolute Gasteiger partial charge is 0.386 e. The Labute approximate surface area is 203 Å². The SMILES string of the molecule is O=C1NC(=O)c2c1c1c3cc(F)ccc3sc1c1c2c2cc(F)ccc2n1[C@H]1O[C@H]2O[C@@H]([C@@H]2O)[C@H]1O. The molecular formula is C25H14F2N2O6S. The van der Waals surface area contributed by atoms with Gasteiger partial charge in [-0.15, -0.1) is 11.3 Å². The Morgan fingerprint density at radius 2 is 1.58 bits per heavy atom. The predicted octanol–water partition coefficient (Wildman–Crippen LogP) is 3.30. The molecule has 2 aromatic heterocycles. The number of benzene rings is 3. The first-order valence-electron chi connectivity index (χ1n) is 11.2. The van der Waals surface area contributed by atoms with Gasteiger partial charge in [-0.2, -0.15) is 0 Å².